The second-order valence-corrected chi connectivity index (χ2v) is 12.4. The topological polar surface area (TPSA) is 106 Å². The number of amides is 3. The summed E-state index contributed by atoms with van der Waals surface area (Å²) < 4.78 is 11.0. The summed E-state index contributed by atoms with van der Waals surface area (Å²) in [6.07, 6.45) is -0.477. The summed E-state index contributed by atoms with van der Waals surface area (Å²) >= 11 is 0. The molecule has 3 N–H and O–H groups in total. The molecule has 2 atom stereocenters. The van der Waals surface area contributed by atoms with Gasteiger partial charge in [0, 0.05) is 12.5 Å². The van der Waals surface area contributed by atoms with Crippen LogP contribution in [-0.4, -0.2) is 42.9 Å². The van der Waals surface area contributed by atoms with E-state index in [1.54, 1.807) is 20.8 Å². The second kappa shape index (κ2) is 13.8. The van der Waals surface area contributed by atoms with E-state index >= 15 is 0 Å². The lowest BCUT2D eigenvalue weighted by atomic mass is 9.98. The smallest absolute Gasteiger partial charge is 0.407 e. The lowest BCUT2D eigenvalue weighted by Gasteiger charge is -2.23. The summed E-state index contributed by atoms with van der Waals surface area (Å²) in [7, 11) is 0. The van der Waals surface area contributed by atoms with Gasteiger partial charge in [-0.25, -0.2) is 9.59 Å². The van der Waals surface area contributed by atoms with Gasteiger partial charge >= 0.3 is 12.2 Å². The van der Waals surface area contributed by atoms with Crippen LogP contribution in [0.15, 0.2) is 91.0 Å². The van der Waals surface area contributed by atoms with Crippen LogP contribution in [0, 0.1) is 0 Å². The highest BCUT2D eigenvalue weighted by atomic mass is 16.6. The predicted octanol–water partition coefficient (Wildman–Crippen LogP) is 7.23. The number of hydrogen-bond donors (Lipinski definition) is 3. The Balaban J connectivity index is 1.23. The molecule has 0 aliphatic heterocycles. The summed E-state index contributed by atoms with van der Waals surface area (Å²) in [6, 6.07) is 29.2. The Bertz CT molecular complexity index is 1630. The third-order valence-electron chi connectivity index (χ3n) is 7.92. The third-order valence-corrected chi connectivity index (χ3v) is 7.92. The van der Waals surface area contributed by atoms with Crippen LogP contribution < -0.4 is 16.0 Å². The fourth-order valence-electron chi connectivity index (χ4n) is 5.74. The van der Waals surface area contributed by atoms with Gasteiger partial charge in [0.15, 0.2) is 0 Å². The molecule has 0 spiro atoms. The number of carbonyl (C=O) groups is 3. The molecular formula is C37H41N3O5. The minimum Gasteiger partial charge on any atom is -0.449 e. The first-order valence-electron chi connectivity index (χ1n) is 15.5. The van der Waals surface area contributed by atoms with Crippen LogP contribution in [0.1, 0.15) is 69.2 Å². The number of rotatable bonds is 10. The van der Waals surface area contributed by atoms with Crippen molar-refractivity contribution in [2.75, 3.05) is 13.2 Å². The van der Waals surface area contributed by atoms with E-state index in [2.05, 4.69) is 46.3 Å². The molecule has 8 nitrogen and oxygen atoms in total. The zero-order valence-electron chi connectivity index (χ0n) is 26.3. The van der Waals surface area contributed by atoms with Gasteiger partial charge in [0.1, 0.15) is 18.2 Å². The van der Waals surface area contributed by atoms with Crippen molar-refractivity contribution in [2.24, 2.45) is 0 Å². The Morgan fingerprint density at radius 1 is 0.778 bits per heavy atom. The van der Waals surface area contributed by atoms with Crippen LogP contribution >= 0.6 is 0 Å². The van der Waals surface area contributed by atoms with Crippen LogP contribution in [0.25, 0.3) is 21.9 Å². The Morgan fingerprint density at radius 3 is 2.07 bits per heavy atom. The van der Waals surface area contributed by atoms with Crippen molar-refractivity contribution in [1.82, 2.24) is 16.0 Å². The van der Waals surface area contributed by atoms with E-state index in [4.69, 9.17) is 9.47 Å². The van der Waals surface area contributed by atoms with Crippen molar-refractivity contribution in [1.29, 1.82) is 0 Å². The molecule has 0 fully saturated rings. The maximum atomic E-state index is 13.5. The van der Waals surface area contributed by atoms with Gasteiger partial charge in [-0.2, -0.15) is 0 Å². The van der Waals surface area contributed by atoms with Crippen molar-refractivity contribution in [3.05, 3.63) is 108 Å². The summed E-state index contributed by atoms with van der Waals surface area (Å²) in [5.74, 6) is -0.428. The molecular weight excluding hydrogens is 566 g/mol. The number of nitrogens with one attached hydrogen (secondary N) is 3. The number of hydrogen-bond acceptors (Lipinski definition) is 5. The molecule has 5 rings (SSSR count). The van der Waals surface area contributed by atoms with Crippen molar-refractivity contribution >= 4 is 28.9 Å². The Kier molecular flexibility index (Phi) is 9.71. The molecule has 1 aliphatic rings. The number of benzene rings is 4. The first kappa shape index (κ1) is 31.6. The van der Waals surface area contributed by atoms with E-state index < -0.39 is 23.8 Å². The van der Waals surface area contributed by atoms with Gasteiger partial charge in [0.05, 0.1) is 6.04 Å². The monoisotopic (exact) mass is 607 g/mol. The highest BCUT2D eigenvalue weighted by Gasteiger charge is 2.30. The maximum absolute atomic E-state index is 13.5. The number of ether oxygens (including phenoxy) is 2. The molecule has 0 bridgehead atoms. The molecule has 0 aromatic heterocycles. The molecule has 0 radical (unpaired) electrons. The van der Waals surface area contributed by atoms with Gasteiger partial charge in [-0.3, -0.25) is 4.79 Å². The summed E-state index contributed by atoms with van der Waals surface area (Å²) in [5, 5.41) is 10.7. The van der Waals surface area contributed by atoms with E-state index in [9.17, 15) is 14.4 Å². The highest BCUT2D eigenvalue weighted by Crippen LogP contribution is 2.44. The first-order valence-corrected chi connectivity index (χ1v) is 15.5. The van der Waals surface area contributed by atoms with E-state index in [1.165, 1.54) is 0 Å². The predicted molar refractivity (Wildman–Crippen MR) is 176 cm³/mol. The van der Waals surface area contributed by atoms with Crippen molar-refractivity contribution in [2.45, 2.75) is 64.1 Å². The fourth-order valence-corrected chi connectivity index (χ4v) is 5.74. The molecule has 0 heterocycles. The average Bonchev–Trinajstić information content (AvgIpc) is 3.33. The second-order valence-electron chi connectivity index (χ2n) is 12.4. The normalized spacial score (nSPS) is 13.7. The molecule has 0 saturated carbocycles. The van der Waals surface area contributed by atoms with Gasteiger partial charge in [-0.1, -0.05) is 84.9 Å². The van der Waals surface area contributed by atoms with Gasteiger partial charge in [0.25, 0.3) is 0 Å². The van der Waals surface area contributed by atoms with Crippen LogP contribution in [0.4, 0.5) is 9.59 Å². The van der Waals surface area contributed by atoms with E-state index in [0.717, 1.165) is 38.6 Å². The minimum absolute atomic E-state index is 0.0959. The number of fused-ring (bicyclic) bond motifs is 4. The highest BCUT2D eigenvalue weighted by molar-refractivity contribution is 5.87. The van der Waals surface area contributed by atoms with E-state index in [-0.39, 0.29) is 37.4 Å². The first-order chi connectivity index (χ1) is 21.6. The molecule has 4 aromatic rings. The van der Waals surface area contributed by atoms with Gasteiger partial charge in [-0.05, 0) is 85.2 Å². The molecule has 4 aromatic carbocycles. The lowest BCUT2D eigenvalue weighted by Crippen LogP contribution is -2.48. The maximum Gasteiger partial charge on any atom is 0.407 e. The van der Waals surface area contributed by atoms with Crippen LogP contribution in [-0.2, 0) is 14.3 Å². The van der Waals surface area contributed by atoms with Crippen LogP contribution in [0.2, 0.25) is 0 Å². The molecule has 3 amide bonds. The van der Waals surface area contributed by atoms with Gasteiger partial charge in [-0.15, -0.1) is 0 Å². The van der Waals surface area contributed by atoms with Crippen LogP contribution in [0.5, 0.6) is 0 Å². The van der Waals surface area contributed by atoms with Crippen molar-refractivity contribution < 1.29 is 23.9 Å². The van der Waals surface area contributed by atoms with Gasteiger partial charge < -0.3 is 25.4 Å². The van der Waals surface area contributed by atoms with Gasteiger partial charge in [0.2, 0.25) is 5.91 Å². The quantitative estimate of drug-likeness (QED) is 0.165. The minimum atomic E-state index is -0.871. The molecule has 0 saturated heterocycles. The fraction of sp³-hybridized carbons (Fsp3) is 0.324. The Labute approximate surface area is 264 Å². The average molecular weight is 608 g/mol. The Hall–Kier alpha value is -4.85. The summed E-state index contributed by atoms with van der Waals surface area (Å²) in [5.41, 5.74) is 4.83. The largest absolute Gasteiger partial charge is 0.449 e. The molecule has 45 heavy (non-hydrogen) atoms. The summed E-state index contributed by atoms with van der Waals surface area (Å²) in [4.78, 5) is 38.8. The number of alkyl carbamates (subject to hydrolysis) is 2. The van der Waals surface area contributed by atoms with E-state index in [0.29, 0.717) is 6.42 Å². The zero-order chi connectivity index (χ0) is 32.0. The Morgan fingerprint density at radius 2 is 1.40 bits per heavy atom. The standard InChI is InChI=1S/C37H41N3O5/c1-24(26-20-19-25-12-5-6-13-27(25)22-26)39-34(41)33(18-11-21-38-35(42)45-37(2,3)4)40-36(43)44-23-32-30-16-9-7-14-28(30)29-15-8-10-17-31(29)32/h5-10,12-17,19-20,22,24,32-33H,11,18,21,23H2,1-4H3,(H,38,42)(H,39,41)(H,40,43)/t24-,33+/m1/s1. The van der Waals surface area contributed by atoms with Crippen LogP contribution in [0.3, 0.4) is 0 Å². The SMILES string of the molecule is C[C@@H](NC(=O)[C@H](CCCNC(=O)OC(C)(C)C)NC(=O)OCC1c2ccccc2-c2ccccc21)c1ccc2ccccc2c1. The van der Waals surface area contributed by atoms with Crippen molar-refractivity contribution in [3.8, 4) is 11.1 Å². The molecule has 0 unspecified atom stereocenters. The zero-order valence-corrected chi connectivity index (χ0v) is 26.3. The van der Waals surface area contributed by atoms with Crippen molar-refractivity contribution in [3.63, 3.8) is 0 Å². The summed E-state index contributed by atoms with van der Waals surface area (Å²) in [6.45, 7) is 7.72. The third kappa shape index (κ3) is 8.01. The number of carbonyl (C=O) groups excluding carboxylic acids is 3. The molecule has 1 aliphatic carbocycles. The van der Waals surface area contributed by atoms with E-state index in [1.807, 2.05) is 67.6 Å². The molecule has 8 heteroatoms. The molecule has 234 valence electrons. The lowest BCUT2D eigenvalue weighted by molar-refractivity contribution is -0.123.